The molecule has 0 saturated heterocycles. The van der Waals surface area contributed by atoms with Crippen LogP contribution in [-0.4, -0.2) is 39.9 Å². The number of alkyl halides is 3. The van der Waals surface area contributed by atoms with E-state index in [0.717, 1.165) is 13.0 Å². The van der Waals surface area contributed by atoms with E-state index in [9.17, 15) is 13.2 Å². The van der Waals surface area contributed by atoms with Gasteiger partial charge in [-0.3, -0.25) is 0 Å². The molecule has 0 unspecified atom stereocenters. The molecule has 0 aliphatic rings. The average Bonchev–Trinajstić information content (AvgIpc) is 2.70. The number of aromatic nitrogens is 3. The summed E-state index contributed by atoms with van der Waals surface area (Å²) >= 11 is 1.32. The number of ether oxygens (including phenoxy) is 1. The van der Waals surface area contributed by atoms with Crippen LogP contribution in [0.2, 0.25) is 0 Å². The molecule has 0 bridgehead atoms. The normalized spacial score (nSPS) is 12.1. The van der Waals surface area contributed by atoms with E-state index in [1.54, 1.807) is 0 Å². The van der Waals surface area contributed by atoms with Crippen LogP contribution >= 0.6 is 11.8 Å². The molecule has 0 aliphatic carbocycles. The highest BCUT2D eigenvalue weighted by molar-refractivity contribution is 7.99. The standard InChI is InChI=1S/C10H17F3N4OS/c1-2-3-17-8(6-14)15-16-9(17)19-5-4-18-7-10(11,12)13/h2-7,14H2,1H3. The lowest BCUT2D eigenvalue weighted by molar-refractivity contribution is -0.172. The van der Waals surface area contributed by atoms with Crippen molar-refractivity contribution in [3.63, 3.8) is 0 Å². The number of nitrogens with two attached hydrogens (primary N) is 1. The predicted octanol–water partition coefficient (Wildman–Crippen LogP) is 1.82. The Kier molecular flexibility index (Phi) is 6.59. The minimum Gasteiger partial charge on any atom is -0.371 e. The fourth-order valence-electron chi connectivity index (χ4n) is 1.40. The van der Waals surface area contributed by atoms with Crippen LogP contribution in [0.15, 0.2) is 5.16 Å². The second kappa shape index (κ2) is 7.71. The molecule has 0 fully saturated rings. The van der Waals surface area contributed by atoms with E-state index in [-0.39, 0.29) is 13.2 Å². The third-order valence-electron chi connectivity index (χ3n) is 2.15. The summed E-state index contributed by atoms with van der Waals surface area (Å²) < 4.78 is 42.0. The van der Waals surface area contributed by atoms with Gasteiger partial charge in [0.2, 0.25) is 0 Å². The summed E-state index contributed by atoms with van der Waals surface area (Å²) in [6.45, 7) is 1.84. The van der Waals surface area contributed by atoms with Gasteiger partial charge in [0.25, 0.3) is 0 Å². The lowest BCUT2D eigenvalue weighted by Gasteiger charge is -2.08. The maximum Gasteiger partial charge on any atom is 0.411 e. The van der Waals surface area contributed by atoms with Crippen LogP contribution in [0.1, 0.15) is 19.2 Å². The van der Waals surface area contributed by atoms with Crippen molar-refractivity contribution in [2.75, 3.05) is 19.0 Å². The second-order valence-electron chi connectivity index (χ2n) is 3.77. The zero-order valence-corrected chi connectivity index (χ0v) is 11.4. The molecule has 19 heavy (non-hydrogen) atoms. The van der Waals surface area contributed by atoms with Gasteiger partial charge in [-0.1, -0.05) is 18.7 Å². The van der Waals surface area contributed by atoms with Crippen molar-refractivity contribution in [3.05, 3.63) is 5.82 Å². The van der Waals surface area contributed by atoms with Crippen molar-refractivity contribution < 1.29 is 17.9 Å². The molecule has 1 aromatic rings. The third kappa shape index (κ3) is 5.79. The fraction of sp³-hybridized carbons (Fsp3) is 0.800. The Bertz CT molecular complexity index is 383. The van der Waals surface area contributed by atoms with Crippen LogP contribution in [0.4, 0.5) is 13.2 Å². The van der Waals surface area contributed by atoms with Crippen LogP contribution in [0, 0.1) is 0 Å². The molecule has 1 heterocycles. The van der Waals surface area contributed by atoms with Crippen molar-refractivity contribution >= 4 is 11.8 Å². The first kappa shape index (κ1) is 16.3. The highest BCUT2D eigenvalue weighted by Gasteiger charge is 2.27. The first-order valence-corrected chi connectivity index (χ1v) is 6.86. The summed E-state index contributed by atoms with van der Waals surface area (Å²) in [5.74, 6) is 1.07. The molecule has 0 radical (unpaired) electrons. The molecule has 0 saturated carbocycles. The topological polar surface area (TPSA) is 66.0 Å². The molecule has 1 rings (SSSR count). The van der Waals surface area contributed by atoms with Crippen molar-refractivity contribution in [1.29, 1.82) is 0 Å². The first-order valence-electron chi connectivity index (χ1n) is 5.87. The Morgan fingerprint density at radius 3 is 2.68 bits per heavy atom. The van der Waals surface area contributed by atoms with Gasteiger partial charge >= 0.3 is 6.18 Å². The summed E-state index contributed by atoms with van der Waals surface area (Å²) in [5.41, 5.74) is 5.54. The Balaban J connectivity index is 2.38. The number of halogens is 3. The molecule has 0 aliphatic heterocycles. The Morgan fingerprint density at radius 2 is 2.11 bits per heavy atom. The van der Waals surface area contributed by atoms with Crippen molar-refractivity contribution in [3.8, 4) is 0 Å². The molecule has 0 atom stereocenters. The quantitative estimate of drug-likeness (QED) is 0.586. The Morgan fingerprint density at radius 1 is 1.37 bits per heavy atom. The van der Waals surface area contributed by atoms with E-state index in [1.807, 2.05) is 11.5 Å². The molecule has 0 aromatic carbocycles. The second-order valence-corrected chi connectivity index (χ2v) is 4.83. The van der Waals surface area contributed by atoms with E-state index in [0.29, 0.717) is 16.7 Å². The molecule has 0 spiro atoms. The van der Waals surface area contributed by atoms with Gasteiger partial charge in [-0.25, -0.2) is 0 Å². The molecule has 9 heteroatoms. The van der Waals surface area contributed by atoms with Crippen LogP contribution in [0.5, 0.6) is 0 Å². The number of hydrogen-bond donors (Lipinski definition) is 1. The van der Waals surface area contributed by atoms with Gasteiger partial charge in [0.05, 0.1) is 13.2 Å². The van der Waals surface area contributed by atoms with Gasteiger partial charge in [0.15, 0.2) is 5.16 Å². The van der Waals surface area contributed by atoms with Gasteiger partial charge in [0.1, 0.15) is 12.4 Å². The molecule has 110 valence electrons. The van der Waals surface area contributed by atoms with Crippen LogP contribution in [0.3, 0.4) is 0 Å². The minimum absolute atomic E-state index is 0.0150. The Hall–Kier alpha value is -0.800. The van der Waals surface area contributed by atoms with Gasteiger partial charge in [-0.05, 0) is 6.42 Å². The number of nitrogens with zero attached hydrogens (tertiary/aromatic N) is 3. The van der Waals surface area contributed by atoms with Gasteiger partial charge in [-0.2, -0.15) is 13.2 Å². The number of thioether (sulfide) groups is 1. The SMILES string of the molecule is CCCn1c(CN)nnc1SCCOCC(F)(F)F. The summed E-state index contributed by atoms with van der Waals surface area (Å²) in [4.78, 5) is 0. The highest BCUT2D eigenvalue weighted by Crippen LogP contribution is 2.18. The van der Waals surface area contributed by atoms with E-state index < -0.39 is 12.8 Å². The fourth-order valence-corrected chi connectivity index (χ4v) is 2.24. The van der Waals surface area contributed by atoms with Crippen LogP contribution < -0.4 is 5.73 Å². The van der Waals surface area contributed by atoms with E-state index >= 15 is 0 Å². The van der Waals surface area contributed by atoms with Gasteiger partial charge in [-0.15, -0.1) is 10.2 Å². The predicted molar refractivity (Wildman–Crippen MR) is 65.8 cm³/mol. The molecule has 1 aromatic heterocycles. The lowest BCUT2D eigenvalue weighted by atomic mass is 10.4. The smallest absolute Gasteiger partial charge is 0.371 e. The monoisotopic (exact) mass is 298 g/mol. The third-order valence-corrected chi connectivity index (χ3v) is 3.08. The van der Waals surface area contributed by atoms with Crippen molar-refractivity contribution in [2.24, 2.45) is 5.73 Å². The molecular formula is C10H17F3N4OS. The van der Waals surface area contributed by atoms with Crippen LogP contribution in [-0.2, 0) is 17.8 Å². The average molecular weight is 298 g/mol. The molecule has 2 N–H and O–H groups in total. The van der Waals surface area contributed by atoms with Gasteiger partial charge < -0.3 is 15.0 Å². The van der Waals surface area contributed by atoms with Crippen LogP contribution in [0.25, 0.3) is 0 Å². The summed E-state index contributed by atoms with van der Waals surface area (Å²) in [5, 5.41) is 8.57. The maximum absolute atomic E-state index is 11.8. The van der Waals surface area contributed by atoms with E-state index in [4.69, 9.17) is 5.73 Å². The van der Waals surface area contributed by atoms with Crippen molar-refractivity contribution in [1.82, 2.24) is 14.8 Å². The summed E-state index contributed by atoms with van der Waals surface area (Å²) in [6, 6.07) is 0. The summed E-state index contributed by atoms with van der Waals surface area (Å²) in [7, 11) is 0. The van der Waals surface area contributed by atoms with Gasteiger partial charge in [0, 0.05) is 12.3 Å². The maximum atomic E-state index is 11.8. The molecule has 0 amide bonds. The number of hydrogen-bond acceptors (Lipinski definition) is 5. The Labute approximate surface area is 113 Å². The highest BCUT2D eigenvalue weighted by atomic mass is 32.2. The van der Waals surface area contributed by atoms with E-state index in [1.165, 1.54) is 11.8 Å². The summed E-state index contributed by atoms with van der Waals surface area (Å²) in [6.07, 6.45) is -3.37. The minimum atomic E-state index is -4.28. The number of rotatable bonds is 8. The zero-order valence-electron chi connectivity index (χ0n) is 10.6. The van der Waals surface area contributed by atoms with E-state index in [2.05, 4.69) is 14.9 Å². The zero-order chi connectivity index (χ0) is 14.3. The van der Waals surface area contributed by atoms with Crippen molar-refractivity contribution in [2.45, 2.75) is 37.8 Å². The largest absolute Gasteiger partial charge is 0.411 e. The molecular weight excluding hydrogens is 281 g/mol. The molecule has 5 nitrogen and oxygen atoms in total. The lowest BCUT2D eigenvalue weighted by Crippen LogP contribution is -2.18. The first-order chi connectivity index (χ1) is 8.98.